The molecule has 0 aromatic rings. The highest BCUT2D eigenvalue weighted by Gasteiger charge is 2.53. The van der Waals surface area contributed by atoms with Gasteiger partial charge in [0.2, 0.25) is 0 Å². The minimum atomic E-state index is -1.30. The molecule has 0 spiro atoms. The van der Waals surface area contributed by atoms with E-state index in [1.807, 2.05) is 19.9 Å². The van der Waals surface area contributed by atoms with E-state index in [9.17, 15) is 9.90 Å². The van der Waals surface area contributed by atoms with E-state index in [0.717, 1.165) is 11.1 Å². The van der Waals surface area contributed by atoms with Crippen LogP contribution in [-0.2, 0) is 28.5 Å². The molecule has 1 rings (SSSR count). The minimum Gasteiger partial charge on any atom is -0.509 e. The number of esters is 1. The average Bonchev–Trinajstić information content (AvgIpc) is 2.63. The number of hydrogen-bond acceptors (Lipinski definition) is 7. The van der Waals surface area contributed by atoms with Gasteiger partial charge in [-0.05, 0) is 27.2 Å². The first-order valence-electron chi connectivity index (χ1n) is 8.79. The summed E-state index contributed by atoms with van der Waals surface area (Å²) in [6.07, 6.45) is 2.01. The lowest BCUT2D eigenvalue weighted by Gasteiger charge is -2.45. The molecule has 0 heterocycles. The van der Waals surface area contributed by atoms with E-state index in [1.54, 1.807) is 6.92 Å². The fourth-order valence-electron chi connectivity index (χ4n) is 3.19. The molecule has 0 amide bonds. The number of carbonyl (C=O) groups excluding carboxylic acids is 1. The summed E-state index contributed by atoms with van der Waals surface area (Å²) in [5, 5.41) is 11.2. The molecule has 0 fully saturated rings. The van der Waals surface area contributed by atoms with Gasteiger partial charge >= 0.3 is 5.97 Å². The van der Waals surface area contributed by atoms with Gasteiger partial charge in [-0.25, -0.2) is 4.79 Å². The normalized spacial score (nSPS) is 25.3. The largest absolute Gasteiger partial charge is 0.509 e. The highest BCUT2D eigenvalue weighted by molar-refractivity contribution is 5.91. The van der Waals surface area contributed by atoms with Gasteiger partial charge in [0.25, 0.3) is 0 Å². The average molecular weight is 384 g/mol. The molecule has 1 aliphatic carbocycles. The van der Waals surface area contributed by atoms with Gasteiger partial charge in [-0.15, -0.1) is 0 Å². The lowest BCUT2D eigenvalue weighted by molar-refractivity contribution is -0.212. The first kappa shape index (κ1) is 23.4. The van der Waals surface area contributed by atoms with Crippen LogP contribution in [0, 0.1) is 5.92 Å². The summed E-state index contributed by atoms with van der Waals surface area (Å²) in [4.78, 5) is 12.5. The van der Waals surface area contributed by atoms with Gasteiger partial charge in [-0.2, -0.15) is 0 Å². The second kappa shape index (κ2) is 10.6. The van der Waals surface area contributed by atoms with Crippen molar-refractivity contribution in [3.05, 3.63) is 35.1 Å². The van der Waals surface area contributed by atoms with Gasteiger partial charge in [0.15, 0.2) is 5.60 Å². The summed E-state index contributed by atoms with van der Waals surface area (Å²) in [7, 11) is 4.28. The first-order valence-corrected chi connectivity index (χ1v) is 8.79. The standard InChI is InChI=1S/C20H32O7/c1-13(2)8-9-20(27-12-24-6)16(26-11-23-5)10-15(14(3)4)17(18(20)21)19(22)25-7/h8,15-16,21H,3,9-12H2,1-2,4-7H3/t15-,16+,20+/m0/s1. The summed E-state index contributed by atoms with van der Waals surface area (Å²) in [5.74, 6) is -1.26. The van der Waals surface area contributed by atoms with Crippen LogP contribution >= 0.6 is 0 Å². The molecule has 0 aromatic heterocycles. The third-order valence-corrected chi connectivity index (χ3v) is 4.61. The van der Waals surface area contributed by atoms with Gasteiger partial charge in [0, 0.05) is 26.6 Å². The van der Waals surface area contributed by atoms with Crippen LogP contribution in [0.3, 0.4) is 0 Å². The molecule has 3 atom stereocenters. The van der Waals surface area contributed by atoms with Gasteiger partial charge in [0.05, 0.1) is 18.8 Å². The SMILES string of the molecule is C=C(C)[C@@H]1C[C@@H](OCOC)[C@@](CC=C(C)C)(OCOC)C(O)=C1C(=O)OC. The summed E-state index contributed by atoms with van der Waals surface area (Å²) in [5.41, 5.74) is 0.591. The molecular formula is C20H32O7. The molecule has 7 heteroatoms. The molecular weight excluding hydrogens is 352 g/mol. The maximum Gasteiger partial charge on any atom is 0.337 e. The number of ether oxygens (including phenoxy) is 5. The van der Waals surface area contributed by atoms with Crippen molar-refractivity contribution in [1.29, 1.82) is 0 Å². The Kier molecular flexibility index (Phi) is 9.18. The van der Waals surface area contributed by atoms with Crippen LogP contribution in [0.25, 0.3) is 0 Å². The number of carbonyl (C=O) groups is 1. The molecule has 0 unspecified atom stereocenters. The number of allylic oxidation sites excluding steroid dienone is 2. The molecule has 1 aliphatic rings. The monoisotopic (exact) mass is 384 g/mol. The van der Waals surface area contributed by atoms with Crippen LogP contribution < -0.4 is 0 Å². The Labute approximate surface area is 161 Å². The van der Waals surface area contributed by atoms with E-state index in [-0.39, 0.29) is 24.9 Å². The van der Waals surface area contributed by atoms with Crippen molar-refractivity contribution in [1.82, 2.24) is 0 Å². The van der Waals surface area contributed by atoms with Gasteiger partial charge in [0.1, 0.15) is 19.3 Å². The second-order valence-electron chi connectivity index (χ2n) is 6.88. The molecule has 1 N–H and O–H groups in total. The van der Waals surface area contributed by atoms with Crippen LogP contribution in [-0.4, -0.2) is 57.7 Å². The fourth-order valence-corrected chi connectivity index (χ4v) is 3.19. The highest BCUT2D eigenvalue weighted by Crippen LogP contribution is 2.45. The van der Waals surface area contributed by atoms with Crippen molar-refractivity contribution in [2.45, 2.75) is 45.3 Å². The number of aliphatic hydroxyl groups excluding tert-OH is 1. The second-order valence-corrected chi connectivity index (χ2v) is 6.88. The van der Waals surface area contributed by atoms with Crippen LogP contribution in [0.5, 0.6) is 0 Å². The summed E-state index contributed by atoms with van der Waals surface area (Å²) in [6, 6.07) is 0. The summed E-state index contributed by atoms with van der Waals surface area (Å²) in [6.45, 7) is 9.57. The molecule has 0 aromatic carbocycles. The van der Waals surface area contributed by atoms with Gasteiger partial charge < -0.3 is 28.8 Å². The minimum absolute atomic E-state index is 0.0152. The van der Waals surface area contributed by atoms with Crippen molar-refractivity contribution >= 4 is 5.97 Å². The van der Waals surface area contributed by atoms with Crippen LogP contribution in [0.15, 0.2) is 35.1 Å². The molecule has 0 radical (unpaired) electrons. The Morgan fingerprint density at radius 2 is 1.85 bits per heavy atom. The molecule has 7 nitrogen and oxygen atoms in total. The Hall–Kier alpha value is -1.67. The Morgan fingerprint density at radius 1 is 1.22 bits per heavy atom. The van der Waals surface area contributed by atoms with Gasteiger partial charge in [-0.1, -0.05) is 23.8 Å². The topological polar surface area (TPSA) is 83.5 Å². The molecule has 0 saturated carbocycles. The lowest BCUT2D eigenvalue weighted by atomic mass is 9.72. The third kappa shape index (κ3) is 5.42. The zero-order chi connectivity index (χ0) is 20.6. The van der Waals surface area contributed by atoms with Crippen molar-refractivity contribution in [2.24, 2.45) is 5.92 Å². The first-order chi connectivity index (χ1) is 12.7. The maximum atomic E-state index is 12.5. The van der Waals surface area contributed by atoms with Crippen molar-refractivity contribution in [3.8, 4) is 0 Å². The van der Waals surface area contributed by atoms with Crippen LogP contribution in [0.1, 0.15) is 33.6 Å². The fraction of sp³-hybridized carbons (Fsp3) is 0.650. The maximum absolute atomic E-state index is 12.5. The molecule has 154 valence electrons. The molecule has 0 bridgehead atoms. The predicted octanol–water partition coefficient (Wildman–Crippen LogP) is 3.27. The Bertz CT molecular complexity index is 589. The van der Waals surface area contributed by atoms with Crippen LogP contribution in [0.4, 0.5) is 0 Å². The quantitative estimate of drug-likeness (QED) is 0.351. The smallest absolute Gasteiger partial charge is 0.337 e. The van der Waals surface area contributed by atoms with Gasteiger partial charge in [-0.3, -0.25) is 0 Å². The summed E-state index contributed by atoms with van der Waals surface area (Å²) >= 11 is 0. The molecule has 27 heavy (non-hydrogen) atoms. The zero-order valence-electron chi connectivity index (χ0n) is 17.2. The van der Waals surface area contributed by atoms with E-state index in [1.165, 1.54) is 21.3 Å². The van der Waals surface area contributed by atoms with Crippen molar-refractivity contribution in [2.75, 3.05) is 34.9 Å². The number of hydrogen-bond donors (Lipinski definition) is 1. The lowest BCUT2D eigenvalue weighted by Crippen LogP contribution is -2.54. The highest BCUT2D eigenvalue weighted by atomic mass is 16.7. The van der Waals surface area contributed by atoms with E-state index in [0.29, 0.717) is 12.8 Å². The van der Waals surface area contributed by atoms with Crippen LogP contribution in [0.2, 0.25) is 0 Å². The Morgan fingerprint density at radius 3 is 2.33 bits per heavy atom. The van der Waals surface area contributed by atoms with Crippen molar-refractivity contribution in [3.63, 3.8) is 0 Å². The summed E-state index contributed by atoms with van der Waals surface area (Å²) < 4.78 is 26.9. The van der Waals surface area contributed by atoms with E-state index < -0.39 is 23.6 Å². The Balaban J connectivity index is 3.62. The number of aliphatic hydroxyl groups is 1. The van der Waals surface area contributed by atoms with Crippen molar-refractivity contribution < 1.29 is 33.6 Å². The van der Waals surface area contributed by atoms with E-state index in [2.05, 4.69) is 6.58 Å². The van der Waals surface area contributed by atoms with E-state index >= 15 is 0 Å². The van der Waals surface area contributed by atoms with E-state index in [4.69, 9.17) is 23.7 Å². The molecule has 0 saturated heterocycles. The zero-order valence-corrected chi connectivity index (χ0v) is 17.2. The number of methoxy groups -OCH3 is 3. The predicted molar refractivity (Wildman–Crippen MR) is 101 cm³/mol. The number of rotatable bonds is 10. The third-order valence-electron chi connectivity index (χ3n) is 4.61. The molecule has 0 aliphatic heterocycles.